The van der Waals surface area contributed by atoms with Crippen molar-refractivity contribution >= 4 is 5.97 Å². The summed E-state index contributed by atoms with van der Waals surface area (Å²) in [4.78, 5) is 15.3. The molecule has 1 fully saturated rings. The SMILES string of the molecule is O=C(OC[C@@H]1OC(O)C[C@H]1O)c1ccncc1. The van der Waals surface area contributed by atoms with Gasteiger partial charge in [-0.3, -0.25) is 4.98 Å². The van der Waals surface area contributed by atoms with Gasteiger partial charge < -0.3 is 19.7 Å². The molecule has 2 N–H and O–H groups in total. The summed E-state index contributed by atoms with van der Waals surface area (Å²) in [7, 11) is 0. The van der Waals surface area contributed by atoms with E-state index in [1.807, 2.05) is 0 Å². The maximum absolute atomic E-state index is 11.5. The van der Waals surface area contributed by atoms with E-state index in [-0.39, 0.29) is 13.0 Å². The molecule has 1 aliphatic heterocycles. The van der Waals surface area contributed by atoms with Gasteiger partial charge in [-0.05, 0) is 12.1 Å². The first-order chi connectivity index (χ1) is 8.16. The quantitative estimate of drug-likeness (QED) is 0.704. The molecule has 1 aromatic heterocycles. The van der Waals surface area contributed by atoms with Crippen LogP contribution in [0.4, 0.5) is 0 Å². The minimum atomic E-state index is -0.991. The molecule has 2 heterocycles. The second-order valence-electron chi connectivity index (χ2n) is 3.77. The molecule has 1 saturated heterocycles. The first kappa shape index (κ1) is 12.0. The summed E-state index contributed by atoms with van der Waals surface area (Å²) in [6.07, 6.45) is 0.639. The highest BCUT2D eigenvalue weighted by Crippen LogP contribution is 2.19. The molecule has 0 aliphatic carbocycles. The van der Waals surface area contributed by atoms with Crippen LogP contribution in [0.25, 0.3) is 0 Å². The molecule has 2 rings (SSSR count). The van der Waals surface area contributed by atoms with Crippen LogP contribution < -0.4 is 0 Å². The summed E-state index contributed by atoms with van der Waals surface area (Å²) in [5, 5.41) is 18.6. The molecule has 1 aromatic rings. The number of carbonyl (C=O) groups excluding carboxylic acids is 1. The van der Waals surface area contributed by atoms with Gasteiger partial charge in [0, 0.05) is 18.8 Å². The average molecular weight is 239 g/mol. The maximum Gasteiger partial charge on any atom is 0.338 e. The van der Waals surface area contributed by atoms with Gasteiger partial charge in [-0.25, -0.2) is 4.79 Å². The molecular weight excluding hydrogens is 226 g/mol. The van der Waals surface area contributed by atoms with Crippen molar-refractivity contribution in [1.82, 2.24) is 4.98 Å². The fraction of sp³-hybridized carbons (Fsp3) is 0.455. The Labute approximate surface area is 97.8 Å². The van der Waals surface area contributed by atoms with E-state index in [0.29, 0.717) is 5.56 Å². The average Bonchev–Trinajstić information content (AvgIpc) is 2.66. The standard InChI is InChI=1S/C11H13NO5/c13-8-5-10(14)17-9(8)6-16-11(15)7-1-3-12-4-2-7/h1-4,8-10,13-14H,5-6H2/t8-,9+,10?/m1/s1. The van der Waals surface area contributed by atoms with Crippen LogP contribution in [-0.2, 0) is 9.47 Å². The van der Waals surface area contributed by atoms with Crippen molar-refractivity contribution in [2.75, 3.05) is 6.61 Å². The van der Waals surface area contributed by atoms with Gasteiger partial charge in [0.1, 0.15) is 12.7 Å². The highest BCUT2D eigenvalue weighted by atomic mass is 16.6. The summed E-state index contributed by atoms with van der Waals surface area (Å²) < 4.78 is 9.94. The van der Waals surface area contributed by atoms with Crippen molar-refractivity contribution in [3.8, 4) is 0 Å². The van der Waals surface area contributed by atoms with Gasteiger partial charge in [-0.1, -0.05) is 0 Å². The van der Waals surface area contributed by atoms with Gasteiger partial charge in [-0.15, -0.1) is 0 Å². The van der Waals surface area contributed by atoms with Crippen molar-refractivity contribution in [2.24, 2.45) is 0 Å². The molecule has 0 spiro atoms. The van der Waals surface area contributed by atoms with E-state index in [2.05, 4.69) is 4.98 Å². The topological polar surface area (TPSA) is 88.9 Å². The van der Waals surface area contributed by atoms with Crippen LogP contribution in [0.5, 0.6) is 0 Å². The highest BCUT2D eigenvalue weighted by molar-refractivity contribution is 5.89. The fourth-order valence-electron chi connectivity index (χ4n) is 1.59. The van der Waals surface area contributed by atoms with Crippen molar-refractivity contribution in [3.05, 3.63) is 30.1 Å². The summed E-state index contributed by atoms with van der Waals surface area (Å²) in [6, 6.07) is 3.06. The van der Waals surface area contributed by atoms with E-state index in [4.69, 9.17) is 14.6 Å². The van der Waals surface area contributed by atoms with E-state index in [9.17, 15) is 9.90 Å². The first-order valence-corrected chi connectivity index (χ1v) is 5.25. The normalized spacial score (nSPS) is 28.0. The van der Waals surface area contributed by atoms with Gasteiger partial charge in [0.15, 0.2) is 6.29 Å². The molecule has 0 radical (unpaired) electrons. The molecule has 6 nitrogen and oxygen atoms in total. The Morgan fingerprint density at radius 3 is 2.76 bits per heavy atom. The Bertz CT molecular complexity index is 383. The van der Waals surface area contributed by atoms with Crippen molar-refractivity contribution in [1.29, 1.82) is 0 Å². The third-order valence-corrected chi connectivity index (χ3v) is 2.50. The zero-order chi connectivity index (χ0) is 12.3. The van der Waals surface area contributed by atoms with Crippen molar-refractivity contribution < 1.29 is 24.5 Å². The predicted molar refractivity (Wildman–Crippen MR) is 56.0 cm³/mol. The van der Waals surface area contributed by atoms with Crippen LogP contribution in [-0.4, -0.2) is 46.3 Å². The minimum Gasteiger partial charge on any atom is -0.459 e. The van der Waals surface area contributed by atoms with Gasteiger partial charge >= 0.3 is 5.97 Å². The number of carbonyl (C=O) groups is 1. The molecule has 1 unspecified atom stereocenters. The lowest BCUT2D eigenvalue weighted by Gasteiger charge is -2.13. The number of pyridine rings is 1. The highest BCUT2D eigenvalue weighted by Gasteiger charge is 2.33. The number of aromatic nitrogens is 1. The summed E-state index contributed by atoms with van der Waals surface area (Å²) in [5.41, 5.74) is 0.382. The summed E-state index contributed by atoms with van der Waals surface area (Å²) in [6.45, 7) is -0.0839. The van der Waals surface area contributed by atoms with Crippen LogP contribution >= 0.6 is 0 Å². The van der Waals surface area contributed by atoms with Gasteiger partial charge in [0.05, 0.1) is 11.7 Å². The fourth-order valence-corrected chi connectivity index (χ4v) is 1.59. The molecular formula is C11H13NO5. The molecule has 0 saturated carbocycles. The Hall–Kier alpha value is -1.50. The Morgan fingerprint density at radius 1 is 1.47 bits per heavy atom. The second-order valence-corrected chi connectivity index (χ2v) is 3.77. The van der Waals surface area contributed by atoms with Crippen LogP contribution in [0.15, 0.2) is 24.5 Å². The van der Waals surface area contributed by atoms with Crippen LogP contribution in [0, 0.1) is 0 Å². The van der Waals surface area contributed by atoms with Gasteiger partial charge in [0.2, 0.25) is 0 Å². The largest absolute Gasteiger partial charge is 0.459 e. The monoisotopic (exact) mass is 239 g/mol. The number of rotatable bonds is 3. The molecule has 1 aliphatic rings. The predicted octanol–water partition coefficient (Wildman–Crippen LogP) is -0.293. The first-order valence-electron chi connectivity index (χ1n) is 5.25. The van der Waals surface area contributed by atoms with Crippen LogP contribution in [0.3, 0.4) is 0 Å². The van der Waals surface area contributed by atoms with E-state index >= 15 is 0 Å². The van der Waals surface area contributed by atoms with E-state index in [1.54, 1.807) is 0 Å². The Kier molecular flexibility index (Phi) is 3.68. The molecule has 0 bridgehead atoms. The van der Waals surface area contributed by atoms with E-state index in [1.165, 1.54) is 24.5 Å². The maximum atomic E-state index is 11.5. The smallest absolute Gasteiger partial charge is 0.338 e. The number of nitrogens with zero attached hydrogens (tertiary/aromatic N) is 1. The van der Waals surface area contributed by atoms with E-state index < -0.39 is 24.5 Å². The summed E-state index contributed by atoms with van der Waals surface area (Å²) >= 11 is 0. The lowest BCUT2D eigenvalue weighted by molar-refractivity contribution is -0.109. The minimum absolute atomic E-state index is 0.0839. The second kappa shape index (κ2) is 5.22. The van der Waals surface area contributed by atoms with Crippen LogP contribution in [0.1, 0.15) is 16.8 Å². The number of aliphatic hydroxyl groups excluding tert-OH is 2. The number of esters is 1. The van der Waals surface area contributed by atoms with Gasteiger partial charge in [-0.2, -0.15) is 0 Å². The zero-order valence-corrected chi connectivity index (χ0v) is 9.02. The van der Waals surface area contributed by atoms with Gasteiger partial charge in [0.25, 0.3) is 0 Å². The molecule has 0 aromatic carbocycles. The lowest BCUT2D eigenvalue weighted by Crippen LogP contribution is -2.28. The molecule has 3 atom stereocenters. The van der Waals surface area contributed by atoms with E-state index in [0.717, 1.165) is 0 Å². The Morgan fingerprint density at radius 2 is 2.18 bits per heavy atom. The summed E-state index contributed by atoms with van der Waals surface area (Å²) in [5.74, 6) is -0.510. The third-order valence-electron chi connectivity index (χ3n) is 2.50. The number of hydrogen-bond donors (Lipinski definition) is 2. The van der Waals surface area contributed by atoms with Crippen molar-refractivity contribution in [2.45, 2.75) is 24.9 Å². The lowest BCUT2D eigenvalue weighted by atomic mass is 10.2. The van der Waals surface area contributed by atoms with Crippen LogP contribution in [0.2, 0.25) is 0 Å². The molecule has 17 heavy (non-hydrogen) atoms. The number of aliphatic hydroxyl groups is 2. The molecule has 6 heteroatoms. The third kappa shape index (κ3) is 3.00. The van der Waals surface area contributed by atoms with Crippen molar-refractivity contribution in [3.63, 3.8) is 0 Å². The number of ether oxygens (including phenoxy) is 2. The Balaban J connectivity index is 1.85. The zero-order valence-electron chi connectivity index (χ0n) is 9.02. The molecule has 92 valence electrons. The molecule has 0 amide bonds. The number of hydrogen-bond acceptors (Lipinski definition) is 6.